The van der Waals surface area contributed by atoms with E-state index >= 15 is 0 Å². The highest BCUT2D eigenvalue weighted by molar-refractivity contribution is 7.91. The molecule has 108 valence electrons. The quantitative estimate of drug-likeness (QED) is 0.648. The first-order valence-electron chi connectivity index (χ1n) is 6.66. The van der Waals surface area contributed by atoms with Gasteiger partial charge in [0, 0.05) is 38.8 Å². The van der Waals surface area contributed by atoms with E-state index in [2.05, 4.69) is 4.90 Å². The highest BCUT2D eigenvalue weighted by atomic mass is 32.2. The first kappa shape index (κ1) is 15.9. The van der Waals surface area contributed by atoms with Gasteiger partial charge in [-0.05, 0) is 20.8 Å². The fraction of sp³-hybridized carbons (Fsp3) is 1.00. The molecule has 0 aromatic heterocycles. The molecule has 0 aromatic carbocycles. The standard InChI is InChI=1S/C12H25NO4S/c1-4-16-12(17-5-2)6-7-13-8-9-18(14,15)10-11(13)3/h11-12H,4-10H2,1-3H3. The Kier molecular flexibility index (Phi) is 6.55. The molecule has 6 heteroatoms. The van der Waals surface area contributed by atoms with Crippen LogP contribution in [0.5, 0.6) is 0 Å². The molecule has 0 aliphatic carbocycles. The third-order valence-corrected chi connectivity index (χ3v) is 4.96. The molecule has 1 fully saturated rings. The van der Waals surface area contributed by atoms with E-state index in [1.165, 1.54) is 0 Å². The highest BCUT2D eigenvalue weighted by Gasteiger charge is 2.28. The minimum absolute atomic E-state index is 0.0904. The molecule has 18 heavy (non-hydrogen) atoms. The molecule has 0 N–H and O–H groups in total. The Morgan fingerprint density at radius 2 is 1.89 bits per heavy atom. The molecular formula is C12H25NO4S. The first-order chi connectivity index (χ1) is 8.48. The van der Waals surface area contributed by atoms with Crippen molar-refractivity contribution in [2.45, 2.75) is 39.5 Å². The maximum Gasteiger partial charge on any atom is 0.158 e. The van der Waals surface area contributed by atoms with Crippen molar-refractivity contribution in [2.24, 2.45) is 0 Å². The van der Waals surface area contributed by atoms with Crippen LogP contribution in [-0.4, -0.2) is 63.5 Å². The molecule has 1 unspecified atom stereocenters. The lowest BCUT2D eigenvalue weighted by Crippen LogP contribution is -2.47. The summed E-state index contributed by atoms with van der Waals surface area (Å²) in [4.78, 5) is 2.20. The van der Waals surface area contributed by atoms with Crippen LogP contribution in [0, 0.1) is 0 Å². The summed E-state index contributed by atoms with van der Waals surface area (Å²) in [5.74, 6) is 0.534. The zero-order valence-electron chi connectivity index (χ0n) is 11.6. The molecule has 1 aliphatic rings. The van der Waals surface area contributed by atoms with E-state index in [1.807, 2.05) is 20.8 Å². The van der Waals surface area contributed by atoms with E-state index in [4.69, 9.17) is 9.47 Å². The van der Waals surface area contributed by atoms with Gasteiger partial charge < -0.3 is 9.47 Å². The monoisotopic (exact) mass is 279 g/mol. The van der Waals surface area contributed by atoms with Crippen LogP contribution in [0.1, 0.15) is 27.2 Å². The lowest BCUT2D eigenvalue weighted by atomic mass is 10.2. The van der Waals surface area contributed by atoms with E-state index in [9.17, 15) is 8.42 Å². The van der Waals surface area contributed by atoms with Crippen molar-refractivity contribution < 1.29 is 17.9 Å². The summed E-state index contributed by atoms with van der Waals surface area (Å²) < 4.78 is 33.9. The number of sulfone groups is 1. The summed E-state index contributed by atoms with van der Waals surface area (Å²) in [6.07, 6.45) is 0.609. The summed E-state index contributed by atoms with van der Waals surface area (Å²) in [7, 11) is -2.83. The number of nitrogens with zero attached hydrogens (tertiary/aromatic N) is 1. The molecule has 1 rings (SSSR count). The Hall–Kier alpha value is -0.170. The van der Waals surface area contributed by atoms with Crippen molar-refractivity contribution >= 4 is 9.84 Å². The molecule has 1 heterocycles. The Labute approximate surface area is 110 Å². The van der Waals surface area contributed by atoms with Crippen LogP contribution in [0.25, 0.3) is 0 Å². The van der Waals surface area contributed by atoms with E-state index in [0.29, 0.717) is 19.8 Å². The molecule has 0 bridgehead atoms. The van der Waals surface area contributed by atoms with Crippen molar-refractivity contribution in [1.82, 2.24) is 4.90 Å². The van der Waals surface area contributed by atoms with Gasteiger partial charge in [-0.25, -0.2) is 8.42 Å². The summed E-state index contributed by atoms with van der Waals surface area (Å²) in [6.45, 7) is 8.57. The van der Waals surface area contributed by atoms with Gasteiger partial charge in [-0.2, -0.15) is 0 Å². The maximum absolute atomic E-state index is 11.5. The van der Waals surface area contributed by atoms with Crippen LogP contribution in [0.4, 0.5) is 0 Å². The minimum atomic E-state index is -2.83. The Bertz CT molecular complexity index is 325. The normalized spacial score (nSPS) is 24.6. The predicted molar refractivity (Wildman–Crippen MR) is 71.3 cm³/mol. The second-order valence-electron chi connectivity index (χ2n) is 4.63. The molecule has 0 saturated carbocycles. The fourth-order valence-corrected chi connectivity index (χ4v) is 3.85. The largest absolute Gasteiger partial charge is 0.353 e. The second kappa shape index (κ2) is 7.43. The lowest BCUT2D eigenvalue weighted by molar-refractivity contribution is -0.142. The molecule has 1 atom stereocenters. The van der Waals surface area contributed by atoms with Gasteiger partial charge >= 0.3 is 0 Å². The zero-order chi connectivity index (χ0) is 13.6. The van der Waals surface area contributed by atoms with Crippen LogP contribution in [-0.2, 0) is 19.3 Å². The van der Waals surface area contributed by atoms with Crippen LogP contribution in [0.2, 0.25) is 0 Å². The molecule has 5 nitrogen and oxygen atoms in total. The molecule has 1 aliphatic heterocycles. The van der Waals surface area contributed by atoms with Crippen LogP contribution in [0.15, 0.2) is 0 Å². The summed E-state index contributed by atoms with van der Waals surface area (Å²) in [5.41, 5.74) is 0. The number of ether oxygens (including phenoxy) is 2. The molecule has 1 saturated heterocycles. The van der Waals surface area contributed by atoms with Crippen molar-refractivity contribution in [3.05, 3.63) is 0 Å². The van der Waals surface area contributed by atoms with Gasteiger partial charge in [0.05, 0.1) is 11.5 Å². The van der Waals surface area contributed by atoms with E-state index < -0.39 is 9.84 Å². The van der Waals surface area contributed by atoms with Gasteiger partial charge in [-0.1, -0.05) is 0 Å². The van der Waals surface area contributed by atoms with Gasteiger partial charge in [-0.3, -0.25) is 4.90 Å². The van der Waals surface area contributed by atoms with Crippen molar-refractivity contribution in [1.29, 1.82) is 0 Å². The van der Waals surface area contributed by atoms with Crippen LogP contribution < -0.4 is 0 Å². The smallest absolute Gasteiger partial charge is 0.158 e. The third kappa shape index (κ3) is 5.22. The lowest BCUT2D eigenvalue weighted by Gasteiger charge is -2.33. The third-order valence-electron chi connectivity index (χ3n) is 3.17. The van der Waals surface area contributed by atoms with Crippen LogP contribution >= 0.6 is 0 Å². The topological polar surface area (TPSA) is 55.8 Å². The average molecular weight is 279 g/mol. The van der Waals surface area contributed by atoms with Gasteiger partial charge in [0.2, 0.25) is 0 Å². The number of hydrogen-bond donors (Lipinski definition) is 0. The molecule has 0 radical (unpaired) electrons. The zero-order valence-corrected chi connectivity index (χ0v) is 12.4. The van der Waals surface area contributed by atoms with Gasteiger partial charge in [-0.15, -0.1) is 0 Å². The molecule has 0 spiro atoms. The number of rotatable bonds is 7. The maximum atomic E-state index is 11.5. The second-order valence-corrected chi connectivity index (χ2v) is 6.86. The highest BCUT2D eigenvalue weighted by Crippen LogP contribution is 2.13. The van der Waals surface area contributed by atoms with Crippen LogP contribution in [0.3, 0.4) is 0 Å². The summed E-state index contributed by atoms with van der Waals surface area (Å²) >= 11 is 0. The van der Waals surface area contributed by atoms with Crippen molar-refractivity contribution in [2.75, 3.05) is 37.8 Å². The predicted octanol–water partition coefficient (Wildman–Crippen LogP) is 0.894. The Balaban J connectivity index is 2.38. The summed E-state index contributed by atoms with van der Waals surface area (Å²) in [6, 6.07) is 0.0904. The average Bonchev–Trinajstić information content (AvgIpc) is 2.27. The Morgan fingerprint density at radius 1 is 1.28 bits per heavy atom. The SMILES string of the molecule is CCOC(CCN1CCS(=O)(=O)CC1C)OCC. The molecule has 0 amide bonds. The molecular weight excluding hydrogens is 254 g/mol. The fourth-order valence-electron chi connectivity index (χ4n) is 2.22. The summed E-state index contributed by atoms with van der Waals surface area (Å²) in [5, 5.41) is 0. The van der Waals surface area contributed by atoms with E-state index in [1.54, 1.807) is 0 Å². The number of hydrogen-bond acceptors (Lipinski definition) is 5. The van der Waals surface area contributed by atoms with E-state index in [-0.39, 0.29) is 23.8 Å². The van der Waals surface area contributed by atoms with Gasteiger partial charge in [0.25, 0.3) is 0 Å². The van der Waals surface area contributed by atoms with Gasteiger partial charge in [0.1, 0.15) is 0 Å². The van der Waals surface area contributed by atoms with Gasteiger partial charge in [0.15, 0.2) is 16.1 Å². The van der Waals surface area contributed by atoms with E-state index in [0.717, 1.165) is 13.0 Å². The first-order valence-corrected chi connectivity index (χ1v) is 8.48. The van der Waals surface area contributed by atoms with Crippen molar-refractivity contribution in [3.63, 3.8) is 0 Å². The minimum Gasteiger partial charge on any atom is -0.353 e. The van der Waals surface area contributed by atoms with Crippen molar-refractivity contribution in [3.8, 4) is 0 Å². The molecule has 0 aromatic rings. The Morgan fingerprint density at radius 3 is 2.39 bits per heavy atom.